The molecule has 1 aromatic carbocycles. The summed E-state index contributed by atoms with van der Waals surface area (Å²) in [6.45, 7) is 0.229. The number of cyclic esters (lactones) is 1. The maximum Gasteiger partial charge on any atom is 0.417 e. The average Bonchev–Trinajstić information content (AvgIpc) is 2.86. The van der Waals surface area contributed by atoms with Crippen LogP contribution in [0.1, 0.15) is 12.8 Å². The number of halogens is 1. The van der Waals surface area contributed by atoms with Gasteiger partial charge in [0.1, 0.15) is 0 Å². The fourth-order valence-corrected chi connectivity index (χ4v) is 4.61. The molecule has 1 aromatic rings. The highest BCUT2D eigenvalue weighted by molar-refractivity contribution is 7.89. The molecule has 3 rings (SSSR count). The zero-order valence-electron chi connectivity index (χ0n) is 12.1. The number of sulfonamides is 1. The van der Waals surface area contributed by atoms with Crippen LogP contribution in [0.25, 0.3) is 0 Å². The van der Waals surface area contributed by atoms with Crippen LogP contribution < -0.4 is 0 Å². The van der Waals surface area contributed by atoms with Gasteiger partial charge in [-0.25, -0.2) is 18.1 Å². The molecular weight excluding hydrogens is 344 g/mol. The zero-order valence-corrected chi connectivity index (χ0v) is 13.7. The van der Waals surface area contributed by atoms with Crippen molar-refractivity contribution in [3.8, 4) is 0 Å². The van der Waals surface area contributed by atoms with Gasteiger partial charge in [-0.2, -0.15) is 4.31 Å². The predicted octanol–water partition coefficient (Wildman–Crippen LogP) is 1.47. The smallest absolute Gasteiger partial charge is 0.417 e. The van der Waals surface area contributed by atoms with Crippen molar-refractivity contribution in [2.24, 2.45) is 0 Å². The molecule has 2 amide bonds. The summed E-state index contributed by atoms with van der Waals surface area (Å²) < 4.78 is 31.2. The lowest BCUT2D eigenvalue weighted by atomic mass is 10.1. The second-order valence-electron chi connectivity index (χ2n) is 5.41. The maximum absolute atomic E-state index is 12.6. The Hall–Kier alpha value is -1.64. The molecule has 2 saturated heterocycles. The Morgan fingerprint density at radius 3 is 2.43 bits per heavy atom. The fourth-order valence-electron chi connectivity index (χ4n) is 2.83. The summed E-state index contributed by atoms with van der Waals surface area (Å²) in [7, 11) is -3.63. The number of nitrogens with zero attached hydrogens (tertiary/aromatic N) is 2. The maximum atomic E-state index is 12.6. The molecule has 0 aliphatic carbocycles. The van der Waals surface area contributed by atoms with Crippen LogP contribution in [0.15, 0.2) is 29.2 Å². The molecule has 0 bridgehead atoms. The van der Waals surface area contributed by atoms with E-state index in [1.807, 2.05) is 0 Å². The lowest BCUT2D eigenvalue weighted by Gasteiger charge is -2.33. The van der Waals surface area contributed by atoms with Crippen molar-refractivity contribution in [3.63, 3.8) is 0 Å². The van der Waals surface area contributed by atoms with Gasteiger partial charge in [-0.15, -0.1) is 0 Å². The van der Waals surface area contributed by atoms with E-state index in [-0.39, 0.29) is 36.5 Å². The zero-order chi connectivity index (χ0) is 16.6. The molecule has 0 unspecified atom stereocenters. The number of imide groups is 1. The summed E-state index contributed by atoms with van der Waals surface area (Å²) in [6, 6.07) is 5.78. The van der Waals surface area contributed by atoms with Crippen LogP contribution in [0.3, 0.4) is 0 Å². The Morgan fingerprint density at radius 2 is 1.87 bits per heavy atom. The summed E-state index contributed by atoms with van der Waals surface area (Å²) in [5.74, 6) is -0.369. The van der Waals surface area contributed by atoms with Crippen LogP contribution in [0, 0.1) is 0 Å². The number of hydrogen-bond donors (Lipinski definition) is 0. The van der Waals surface area contributed by atoms with Gasteiger partial charge >= 0.3 is 6.09 Å². The lowest BCUT2D eigenvalue weighted by molar-refractivity contribution is -0.127. The number of hydrogen-bond acceptors (Lipinski definition) is 5. The van der Waals surface area contributed by atoms with E-state index >= 15 is 0 Å². The third-order valence-corrected chi connectivity index (χ3v) is 6.14. The molecule has 124 valence electrons. The van der Waals surface area contributed by atoms with E-state index in [1.165, 1.54) is 16.4 Å². The quantitative estimate of drug-likeness (QED) is 0.817. The molecule has 2 aliphatic rings. The molecule has 2 heterocycles. The van der Waals surface area contributed by atoms with E-state index in [2.05, 4.69) is 0 Å². The van der Waals surface area contributed by atoms with Crippen LogP contribution in [0.5, 0.6) is 0 Å². The average molecular weight is 359 g/mol. The van der Waals surface area contributed by atoms with Gasteiger partial charge in [-0.05, 0) is 31.0 Å². The molecule has 9 heteroatoms. The van der Waals surface area contributed by atoms with E-state index in [0.717, 1.165) is 4.90 Å². The molecular formula is C14H15ClN2O5S. The van der Waals surface area contributed by atoms with E-state index in [9.17, 15) is 18.0 Å². The van der Waals surface area contributed by atoms with Crippen LogP contribution in [0.2, 0.25) is 5.02 Å². The number of carbonyl (C=O) groups is 2. The Kier molecular flexibility index (Phi) is 4.31. The first kappa shape index (κ1) is 16.2. The highest BCUT2D eigenvalue weighted by Crippen LogP contribution is 2.26. The van der Waals surface area contributed by atoms with Crippen molar-refractivity contribution in [2.75, 3.05) is 19.7 Å². The van der Waals surface area contributed by atoms with Gasteiger partial charge in [0.05, 0.1) is 4.90 Å². The largest absolute Gasteiger partial charge is 0.439 e. The normalized spacial score (nSPS) is 20.8. The molecule has 0 saturated carbocycles. The van der Waals surface area contributed by atoms with Crippen LogP contribution in [-0.2, 0) is 19.6 Å². The monoisotopic (exact) mass is 358 g/mol. The Bertz CT molecular complexity index is 727. The Labute approximate surface area is 138 Å². The first-order valence-electron chi connectivity index (χ1n) is 7.14. The molecule has 0 spiro atoms. The van der Waals surface area contributed by atoms with Gasteiger partial charge in [-0.1, -0.05) is 17.7 Å². The van der Waals surface area contributed by atoms with Crippen LogP contribution >= 0.6 is 11.6 Å². The Balaban J connectivity index is 1.71. The second-order valence-corrected chi connectivity index (χ2v) is 7.79. The summed E-state index contributed by atoms with van der Waals surface area (Å²) in [5.41, 5.74) is 0. The van der Waals surface area contributed by atoms with E-state index in [4.69, 9.17) is 16.3 Å². The third kappa shape index (κ3) is 3.06. The summed E-state index contributed by atoms with van der Waals surface area (Å²) in [4.78, 5) is 24.5. The lowest BCUT2D eigenvalue weighted by Crippen LogP contribution is -2.48. The van der Waals surface area contributed by atoms with Gasteiger partial charge in [-0.3, -0.25) is 4.79 Å². The van der Waals surface area contributed by atoms with Gasteiger partial charge in [0.2, 0.25) is 10.0 Å². The first-order valence-corrected chi connectivity index (χ1v) is 8.96. The Morgan fingerprint density at radius 1 is 1.17 bits per heavy atom. The summed E-state index contributed by atoms with van der Waals surface area (Å²) in [5, 5.41) is 0.353. The number of rotatable bonds is 3. The topological polar surface area (TPSA) is 84.0 Å². The molecule has 0 aromatic heterocycles. The van der Waals surface area contributed by atoms with Crippen molar-refractivity contribution in [1.82, 2.24) is 9.21 Å². The number of ether oxygens (including phenoxy) is 1. The van der Waals surface area contributed by atoms with Gasteiger partial charge in [0.15, 0.2) is 6.61 Å². The second kappa shape index (κ2) is 6.10. The fraction of sp³-hybridized carbons (Fsp3) is 0.429. The minimum Gasteiger partial charge on any atom is -0.439 e. The minimum atomic E-state index is -3.63. The number of carbonyl (C=O) groups excluding carboxylic acids is 2. The molecule has 0 atom stereocenters. The molecule has 2 fully saturated rings. The van der Waals surface area contributed by atoms with Gasteiger partial charge in [0.25, 0.3) is 5.91 Å². The van der Waals surface area contributed by atoms with Crippen molar-refractivity contribution < 1.29 is 22.7 Å². The van der Waals surface area contributed by atoms with Crippen LogP contribution in [0.4, 0.5) is 4.79 Å². The van der Waals surface area contributed by atoms with Crippen molar-refractivity contribution >= 4 is 33.6 Å². The number of amides is 2. The highest BCUT2D eigenvalue weighted by atomic mass is 35.5. The molecule has 0 N–H and O–H groups in total. The van der Waals surface area contributed by atoms with Crippen LogP contribution in [-0.4, -0.2) is 55.4 Å². The summed E-state index contributed by atoms with van der Waals surface area (Å²) in [6.07, 6.45) is 0.132. The molecule has 0 radical (unpaired) electrons. The van der Waals surface area contributed by atoms with Crippen molar-refractivity contribution in [1.29, 1.82) is 0 Å². The van der Waals surface area contributed by atoms with Crippen molar-refractivity contribution in [2.45, 2.75) is 23.8 Å². The SMILES string of the molecule is O=C1COC(=O)N1C1CCN(S(=O)(=O)c2cccc(Cl)c2)CC1. The number of piperidine rings is 1. The predicted molar refractivity (Wildman–Crippen MR) is 81.4 cm³/mol. The van der Waals surface area contributed by atoms with Crippen molar-refractivity contribution in [3.05, 3.63) is 29.3 Å². The standard InChI is InChI=1S/C14H15ClN2O5S/c15-10-2-1-3-12(8-10)23(20,21)16-6-4-11(5-7-16)17-13(18)9-22-14(17)19/h1-3,8,11H,4-7,9H2. The molecule has 2 aliphatic heterocycles. The summed E-state index contributed by atoms with van der Waals surface area (Å²) >= 11 is 5.85. The highest BCUT2D eigenvalue weighted by Gasteiger charge is 2.40. The van der Waals surface area contributed by atoms with E-state index in [1.54, 1.807) is 12.1 Å². The van der Waals surface area contributed by atoms with Gasteiger partial charge < -0.3 is 4.74 Å². The molecule has 7 nitrogen and oxygen atoms in total. The first-order chi connectivity index (χ1) is 10.9. The third-order valence-electron chi connectivity index (χ3n) is 4.01. The van der Waals surface area contributed by atoms with Gasteiger partial charge in [0, 0.05) is 24.2 Å². The minimum absolute atomic E-state index is 0.139. The number of benzene rings is 1. The van der Waals surface area contributed by atoms with E-state index < -0.39 is 16.1 Å². The molecule has 23 heavy (non-hydrogen) atoms. The van der Waals surface area contributed by atoms with E-state index in [0.29, 0.717) is 17.9 Å².